The molecule has 0 amide bonds. The molecule has 10 rings (SSSR count). The van der Waals surface area contributed by atoms with Crippen LogP contribution in [-0.4, -0.2) is 109 Å². The van der Waals surface area contributed by atoms with Crippen LogP contribution in [0, 0.1) is 0 Å². The summed E-state index contributed by atoms with van der Waals surface area (Å²) in [7, 11) is 26.8. The molecule has 0 bridgehead atoms. The van der Waals surface area contributed by atoms with Crippen molar-refractivity contribution in [1.82, 2.24) is 15.0 Å². The van der Waals surface area contributed by atoms with Gasteiger partial charge in [0.25, 0.3) is 0 Å². The van der Waals surface area contributed by atoms with Crippen LogP contribution in [0.4, 0.5) is 0 Å². The van der Waals surface area contributed by atoms with Crippen LogP contribution in [0.2, 0.25) is 0 Å². The molecule has 4 nitrogen and oxygen atoms in total. The van der Waals surface area contributed by atoms with Gasteiger partial charge in [-0.3, -0.25) is 0 Å². The van der Waals surface area contributed by atoms with Crippen LogP contribution in [-0.2, 0) is 0 Å². The van der Waals surface area contributed by atoms with E-state index < -0.39 is 0 Å². The van der Waals surface area contributed by atoms with Gasteiger partial charge >= 0.3 is 0 Å². The van der Waals surface area contributed by atoms with Crippen molar-refractivity contribution in [2.24, 2.45) is 0 Å². The number of nitrogens with zero attached hydrogens (tertiary/aromatic N) is 3. The standard InChI is InChI=1S/C45H39B12N3O/c46-24-12-21-22(13-25(24)47)32-34(27(49)15-28(50)36(32)51)33-23(21)14-26(48)31(37(33)52)17-6-8-19-20-9-7-18(11-30(20)61-29(19)10-17)44-58-43(16-4-2-1-3-5-16)59-45(60-44)35-38(53)40(55)42(57)41(56)39(35)54/h1-15H,46-57H2. The summed E-state index contributed by atoms with van der Waals surface area (Å²) in [5.74, 6) is 1.96. The molecule has 0 fully saturated rings. The zero-order valence-electron chi connectivity index (χ0n) is 37.4. The van der Waals surface area contributed by atoms with E-state index in [1.807, 2.05) is 18.2 Å². The van der Waals surface area contributed by atoms with Crippen LogP contribution in [0.25, 0.3) is 99.5 Å². The molecule has 276 valence electrons. The third-order valence-corrected chi connectivity index (χ3v) is 14.2. The number of aromatic nitrogens is 3. The van der Waals surface area contributed by atoms with Crippen molar-refractivity contribution in [2.45, 2.75) is 0 Å². The van der Waals surface area contributed by atoms with Crippen LogP contribution < -0.4 is 65.6 Å². The number of fused-ring (bicyclic) bond motifs is 9. The Hall–Kier alpha value is -5.87. The highest BCUT2D eigenvalue weighted by Gasteiger charge is 2.22. The minimum atomic E-state index is 0.620. The summed E-state index contributed by atoms with van der Waals surface area (Å²) < 4.78 is 6.79. The SMILES string of the molecule is Bc1cc2c(cc1B)c1c(B)c(B)cc(B)c1c1c(B)c(-c3ccc4c(c3)oc3cc(-c5nc(-c6ccccc6)nc(-c6c(B)c(B)c(B)c(B)c6B)n5)ccc34)c(B)cc21. The molecule has 2 aromatic heterocycles. The van der Waals surface area contributed by atoms with Gasteiger partial charge in [0.2, 0.25) is 0 Å². The van der Waals surface area contributed by atoms with Crippen molar-refractivity contribution in [2.75, 3.05) is 0 Å². The number of rotatable bonds is 4. The van der Waals surface area contributed by atoms with Gasteiger partial charge in [0.05, 0.1) is 0 Å². The maximum atomic E-state index is 6.79. The van der Waals surface area contributed by atoms with E-state index in [4.69, 9.17) is 19.4 Å². The lowest BCUT2D eigenvalue weighted by Crippen LogP contribution is -2.55. The summed E-state index contributed by atoms with van der Waals surface area (Å²) >= 11 is 0. The van der Waals surface area contributed by atoms with Gasteiger partial charge in [-0.1, -0.05) is 116 Å². The van der Waals surface area contributed by atoms with E-state index in [1.54, 1.807) is 0 Å². The molecule has 2 heterocycles. The third kappa shape index (κ3) is 6.03. The van der Waals surface area contributed by atoms with Gasteiger partial charge in [-0.05, 0) is 67.7 Å². The normalized spacial score (nSPS) is 11.7. The van der Waals surface area contributed by atoms with Gasteiger partial charge in [0, 0.05) is 27.5 Å². The molecule has 0 atom stereocenters. The topological polar surface area (TPSA) is 51.8 Å². The highest BCUT2D eigenvalue weighted by molar-refractivity contribution is 6.69. The second kappa shape index (κ2) is 14.4. The van der Waals surface area contributed by atoms with Gasteiger partial charge in [-0.2, -0.15) is 0 Å². The van der Waals surface area contributed by atoms with Gasteiger partial charge in [-0.15, -0.1) is 16.4 Å². The summed E-state index contributed by atoms with van der Waals surface area (Å²) in [6.45, 7) is 0. The highest BCUT2D eigenvalue weighted by atomic mass is 16.3. The van der Waals surface area contributed by atoms with E-state index in [9.17, 15) is 0 Å². The maximum absolute atomic E-state index is 6.79. The summed E-state index contributed by atoms with van der Waals surface area (Å²) in [4.78, 5) is 15.4. The lowest BCUT2D eigenvalue weighted by molar-refractivity contribution is 0.669. The Morgan fingerprint density at radius 1 is 0.311 bits per heavy atom. The van der Waals surface area contributed by atoms with Crippen molar-refractivity contribution >= 4 is 214 Å². The first-order chi connectivity index (χ1) is 29.2. The number of hydrogen-bond acceptors (Lipinski definition) is 4. The molecular formula is C45H39B12N3O. The predicted octanol–water partition coefficient (Wildman–Crippen LogP) is -9.00. The van der Waals surface area contributed by atoms with Gasteiger partial charge in [-0.25, -0.2) is 15.0 Å². The molecule has 0 unspecified atom stereocenters. The average Bonchev–Trinajstić information content (AvgIpc) is 3.62. The molecule has 0 radical (unpaired) electrons. The molecular weight excluding hydrogens is 728 g/mol. The van der Waals surface area contributed by atoms with Crippen molar-refractivity contribution < 1.29 is 4.42 Å². The average molecular weight is 768 g/mol. The second-order valence-corrected chi connectivity index (χ2v) is 17.7. The fraction of sp³-hybridized carbons (Fsp3) is 0. The molecule has 0 aliphatic heterocycles. The first-order valence-corrected chi connectivity index (χ1v) is 21.4. The molecule has 16 heteroatoms. The summed E-state index contributed by atoms with van der Waals surface area (Å²) in [5, 5.41) is 10.2. The van der Waals surface area contributed by atoms with E-state index in [1.165, 1.54) is 103 Å². The van der Waals surface area contributed by atoms with E-state index in [0.29, 0.717) is 17.5 Å². The monoisotopic (exact) mass is 769 g/mol. The Labute approximate surface area is 367 Å². The Morgan fingerprint density at radius 2 is 0.820 bits per heavy atom. The van der Waals surface area contributed by atoms with Crippen LogP contribution in [0.15, 0.2) is 95.4 Å². The molecule has 61 heavy (non-hydrogen) atoms. The third-order valence-electron chi connectivity index (χ3n) is 14.2. The Morgan fingerprint density at radius 3 is 1.46 bits per heavy atom. The van der Waals surface area contributed by atoms with E-state index >= 15 is 0 Å². The van der Waals surface area contributed by atoms with E-state index in [-0.39, 0.29) is 0 Å². The molecule has 0 spiro atoms. The Kier molecular flexibility index (Phi) is 9.25. The fourth-order valence-electron chi connectivity index (χ4n) is 10.2. The summed E-state index contributed by atoms with van der Waals surface area (Å²) in [6.07, 6.45) is 0. The molecule has 10 aromatic rings. The second-order valence-electron chi connectivity index (χ2n) is 17.7. The zero-order chi connectivity index (χ0) is 42.8. The summed E-state index contributed by atoms with van der Waals surface area (Å²) in [6, 6.07) is 32.9. The van der Waals surface area contributed by atoms with Gasteiger partial charge in [0.15, 0.2) is 17.5 Å². The van der Waals surface area contributed by atoms with Crippen molar-refractivity contribution in [3.05, 3.63) is 91.0 Å². The minimum Gasteiger partial charge on any atom is -0.456 e. The van der Waals surface area contributed by atoms with Gasteiger partial charge < -0.3 is 4.42 Å². The number of furan rings is 1. The summed E-state index contributed by atoms with van der Waals surface area (Å²) in [5.41, 5.74) is 22.5. The zero-order valence-corrected chi connectivity index (χ0v) is 37.4. The first-order valence-electron chi connectivity index (χ1n) is 21.4. The smallest absolute Gasteiger partial charge is 0.164 e. The van der Waals surface area contributed by atoms with Crippen LogP contribution >= 0.6 is 0 Å². The predicted molar refractivity (Wildman–Crippen MR) is 300 cm³/mol. The molecule has 0 saturated heterocycles. The molecule has 0 aliphatic carbocycles. The molecule has 0 N–H and O–H groups in total. The Balaban J connectivity index is 1.15. The highest BCUT2D eigenvalue weighted by Crippen LogP contribution is 2.36. The Bertz CT molecular complexity index is 3550. The minimum absolute atomic E-state index is 0.620. The molecule has 0 aliphatic rings. The van der Waals surface area contributed by atoms with Crippen molar-refractivity contribution in [3.63, 3.8) is 0 Å². The fourth-order valence-corrected chi connectivity index (χ4v) is 10.2. The molecule has 0 saturated carbocycles. The van der Waals surface area contributed by atoms with E-state index in [2.05, 4.69) is 167 Å². The lowest BCUT2D eigenvalue weighted by atomic mass is 9.60. The molecule has 8 aromatic carbocycles. The number of hydrogen-bond donors (Lipinski definition) is 0. The quantitative estimate of drug-likeness (QED) is 0.132. The van der Waals surface area contributed by atoms with Crippen LogP contribution in [0.5, 0.6) is 0 Å². The number of benzene rings is 8. The van der Waals surface area contributed by atoms with Crippen molar-refractivity contribution in [1.29, 1.82) is 0 Å². The van der Waals surface area contributed by atoms with E-state index in [0.717, 1.165) is 44.2 Å². The largest absolute Gasteiger partial charge is 0.456 e. The first kappa shape index (κ1) is 39.3. The lowest BCUT2D eigenvalue weighted by Gasteiger charge is -2.22. The van der Waals surface area contributed by atoms with Gasteiger partial charge in [0.1, 0.15) is 105 Å². The van der Waals surface area contributed by atoms with Crippen molar-refractivity contribution in [3.8, 4) is 45.3 Å². The van der Waals surface area contributed by atoms with Crippen LogP contribution in [0.3, 0.4) is 0 Å². The maximum Gasteiger partial charge on any atom is 0.164 e. The van der Waals surface area contributed by atoms with Crippen LogP contribution in [0.1, 0.15) is 0 Å².